The van der Waals surface area contributed by atoms with Gasteiger partial charge in [0.1, 0.15) is 0 Å². The number of likely N-dealkylation sites (N-methyl/N-ethyl adjacent to an activating group) is 1. The summed E-state index contributed by atoms with van der Waals surface area (Å²) < 4.78 is 0. The molecule has 0 saturated carbocycles. The van der Waals surface area contributed by atoms with E-state index in [0.717, 1.165) is 32.4 Å². The number of hydrogen-bond donors (Lipinski definition) is 1. The van der Waals surface area contributed by atoms with Crippen molar-refractivity contribution < 1.29 is 4.79 Å². The number of nitrogens with two attached hydrogens (primary N) is 1. The van der Waals surface area contributed by atoms with Crippen LogP contribution in [0.1, 0.15) is 26.2 Å². The van der Waals surface area contributed by atoms with E-state index in [1.165, 1.54) is 0 Å². The van der Waals surface area contributed by atoms with Crippen molar-refractivity contribution in [3.63, 3.8) is 0 Å². The highest BCUT2D eigenvalue weighted by atomic mass is 35.5. The third-order valence-electron chi connectivity index (χ3n) is 2.20. The van der Waals surface area contributed by atoms with Crippen LogP contribution in [0.25, 0.3) is 0 Å². The van der Waals surface area contributed by atoms with Gasteiger partial charge in [-0.15, -0.1) is 12.4 Å². The Morgan fingerprint density at radius 1 is 1.58 bits per heavy atom. The first-order valence-corrected chi connectivity index (χ1v) is 4.30. The molecule has 1 aliphatic rings. The van der Waals surface area contributed by atoms with E-state index in [4.69, 9.17) is 5.73 Å². The number of nitrogens with zero attached hydrogens (tertiary/aromatic N) is 1. The first kappa shape index (κ1) is 11.7. The zero-order valence-corrected chi connectivity index (χ0v) is 8.27. The van der Waals surface area contributed by atoms with Crippen molar-refractivity contribution in [2.24, 2.45) is 5.73 Å². The van der Waals surface area contributed by atoms with Gasteiger partial charge in [-0.25, -0.2) is 0 Å². The molecule has 1 heterocycles. The molecule has 1 atom stereocenters. The Labute approximate surface area is 79.7 Å². The summed E-state index contributed by atoms with van der Waals surface area (Å²) in [6.45, 7) is 3.69. The Bertz CT molecular complexity index is 152. The summed E-state index contributed by atoms with van der Waals surface area (Å²) in [5.74, 6) is 0.130. The molecule has 0 aromatic carbocycles. The molecule has 2 N–H and O–H groups in total. The molecule has 0 aromatic heterocycles. The van der Waals surface area contributed by atoms with E-state index in [1.807, 2.05) is 11.8 Å². The number of hydrogen-bond acceptors (Lipinski definition) is 2. The maximum atomic E-state index is 11.4. The van der Waals surface area contributed by atoms with Gasteiger partial charge in [-0.05, 0) is 26.2 Å². The van der Waals surface area contributed by atoms with E-state index in [9.17, 15) is 4.79 Å². The largest absolute Gasteiger partial charge is 0.342 e. The minimum absolute atomic E-state index is 0. The van der Waals surface area contributed by atoms with E-state index in [1.54, 1.807) is 0 Å². The number of carbonyl (C=O) groups excluding carboxylic acids is 1. The van der Waals surface area contributed by atoms with Crippen LogP contribution >= 0.6 is 12.4 Å². The first-order chi connectivity index (χ1) is 5.25. The Morgan fingerprint density at radius 3 is 2.83 bits per heavy atom. The minimum Gasteiger partial charge on any atom is -0.342 e. The van der Waals surface area contributed by atoms with E-state index < -0.39 is 0 Å². The molecule has 72 valence electrons. The average molecular weight is 193 g/mol. The van der Waals surface area contributed by atoms with Crippen molar-refractivity contribution in [3.8, 4) is 0 Å². The lowest BCUT2D eigenvalue weighted by molar-refractivity contribution is -0.131. The number of likely N-dealkylation sites (tertiary alicyclic amines) is 1. The summed E-state index contributed by atoms with van der Waals surface area (Å²) >= 11 is 0. The third-order valence-corrected chi connectivity index (χ3v) is 2.20. The maximum absolute atomic E-state index is 11.4. The second-order valence-corrected chi connectivity index (χ2v) is 3.02. The second-order valence-electron chi connectivity index (χ2n) is 3.02. The lowest BCUT2D eigenvalue weighted by Crippen LogP contribution is -2.42. The number of rotatable bonds is 1. The van der Waals surface area contributed by atoms with Gasteiger partial charge in [0.25, 0.3) is 0 Å². The molecule has 0 spiro atoms. The monoisotopic (exact) mass is 192 g/mol. The molecule has 0 bridgehead atoms. The summed E-state index contributed by atoms with van der Waals surface area (Å²) in [7, 11) is 0. The summed E-state index contributed by atoms with van der Waals surface area (Å²) in [5, 5.41) is 0. The molecule has 3 nitrogen and oxygen atoms in total. The number of amides is 1. The fraction of sp³-hybridized carbons (Fsp3) is 0.875. The third kappa shape index (κ3) is 2.64. The van der Waals surface area contributed by atoms with Crippen LogP contribution in [0.2, 0.25) is 0 Å². The van der Waals surface area contributed by atoms with Crippen molar-refractivity contribution >= 4 is 18.3 Å². The van der Waals surface area contributed by atoms with Crippen molar-refractivity contribution in [1.82, 2.24) is 4.90 Å². The average Bonchev–Trinajstić information content (AvgIpc) is 2.16. The van der Waals surface area contributed by atoms with Crippen molar-refractivity contribution in [2.45, 2.75) is 32.2 Å². The van der Waals surface area contributed by atoms with E-state index in [0.29, 0.717) is 0 Å². The van der Waals surface area contributed by atoms with Gasteiger partial charge in [0, 0.05) is 13.1 Å². The van der Waals surface area contributed by atoms with Crippen LogP contribution in [-0.2, 0) is 4.79 Å². The van der Waals surface area contributed by atoms with Gasteiger partial charge in [0.2, 0.25) is 5.91 Å². The molecule has 1 saturated heterocycles. The fourth-order valence-electron chi connectivity index (χ4n) is 1.45. The van der Waals surface area contributed by atoms with Crippen LogP contribution in [0, 0.1) is 0 Å². The molecule has 1 rings (SSSR count). The highest BCUT2D eigenvalue weighted by molar-refractivity contribution is 5.85. The summed E-state index contributed by atoms with van der Waals surface area (Å²) in [5.41, 5.74) is 5.65. The molecular formula is C8H17ClN2O. The molecule has 4 heteroatoms. The van der Waals surface area contributed by atoms with Gasteiger partial charge in [0.05, 0.1) is 6.04 Å². The lowest BCUT2D eigenvalue weighted by Gasteiger charge is -2.20. The highest BCUT2D eigenvalue weighted by Gasteiger charge is 2.21. The number of carbonyl (C=O) groups is 1. The molecule has 1 fully saturated rings. The minimum atomic E-state index is -0.238. The van der Waals surface area contributed by atoms with Crippen LogP contribution in [0.15, 0.2) is 0 Å². The predicted molar refractivity (Wildman–Crippen MR) is 51.3 cm³/mol. The van der Waals surface area contributed by atoms with Crippen molar-refractivity contribution in [3.05, 3.63) is 0 Å². The first-order valence-electron chi connectivity index (χ1n) is 4.30. The molecule has 1 aliphatic heterocycles. The van der Waals surface area contributed by atoms with Crippen molar-refractivity contribution in [2.75, 3.05) is 13.1 Å². The Kier molecular flexibility index (Phi) is 5.25. The Balaban J connectivity index is 0.00000121. The van der Waals surface area contributed by atoms with Crippen LogP contribution in [0.3, 0.4) is 0 Å². The predicted octanol–water partition coefficient (Wildman–Crippen LogP) is 0.768. The zero-order chi connectivity index (χ0) is 8.27. The highest BCUT2D eigenvalue weighted by Crippen LogP contribution is 2.09. The van der Waals surface area contributed by atoms with Gasteiger partial charge >= 0.3 is 0 Å². The van der Waals surface area contributed by atoms with E-state index in [2.05, 4.69) is 0 Å². The molecule has 0 unspecified atom stereocenters. The fourth-order valence-corrected chi connectivity index (χ4v) is 1.45. The molecule has 0 aromatic rings. The molecule has 0 radical (unpaired) electrons. The lowest BCUT2D eigenvalue weighted by atomic mass is 10.1. The summed E-state index contributed by atoms with van der Waals surface area (Å²) in [6.07, 6.45) is 3.05. The smallest absolute Gasteiger partial charge is 0.239 e. The van der Waals surface area contributed by atoms with Gasteiger partial charge in [-0.3, -0.25) is 4.79 Å². The second kappa shape index (κ2) is 5.38. The Morgan fingerprint density at radius 2 is 2.25 bits per heavy atom. The molecule has 1 amide bonds. The molecule has 12 heavy (non-hydrogen) atoms. The van der Waals surface area contributed by atoms with Crippen molar-refractivity contribution in [1.29, 1.82) is 0 Å². The Hall–Kier alpha value is -0.280. The maximum Gasteiger partial charge on any atom is 0.239 e. The van der Waals surface area contributed by atoms with Gasteiger partial charge < -0.3 is 10.6 Å². The number of halogens is 1. The van der Waals surface area contributed by atoms with Crippen LogP contribution in [-0.4, -0.2) is 29.9 Å². The van der Waals surface area contributed by atoms with Crippen LogP contribution in [0.4, 0.5) is 0 Å². The van der Waals surface area contributed by atoms with E-state index >= 15 is 0 Å². The van der Waals surface area contributed by atoms with Crippen LogP contribution < -0.4 is 5.73 Å². The van der Waals surface area contributed by atoms with Gasteiger partial charge in [0.15, 0.2) is 0 Å². The normalized spacial score (nSPS) is 24.7. The van der Waals surface area contributed by atoms with Gasteiger partial charge in [-0.1, -0.05) is 0 Å². The summed E-state index contributed by atoms with van der Waals surface area (Å²) in [4.78, 5) is 13.2. The van der Waals surface area contributed by atoms with Crippen LogP contribution in [0.5, 0.6) is 0 Å². The molecule has 0 aliphatic carbocycles. The topological polar surface area (TPSA) is 46.3 Å². The molecular weight excluding hydrogens is 176 g/mol. The standard InChI is InChI=1S/C8H16N2O.ClH/c1-2-10-6-4-3-5-7(9)8(10)11;/h7H,2-6,9H2,1H3;1H/t7-;/m0./s1. The SMILES string of the molecule is CCN1CCCC[C@H](N)C1=O.Cl. The zero-order valence-electron chi connectivity index (χ0n) is 7.45. The summed E-state index contributed by atoms with van der Waals surface area (Å²) in [6, 6.07) is -0.238. The van der Waals surface area contributed by atoms with E-state index in [-0.39, 0.29) is 24.4 Å². The van der Waals surface area contributed by atoms with Gasteiger partial charge in [-0.2, -0.15) is 0 Å². The quantitative estimate of drug-likeness (QED) is 0.667.